The summed E-state index contributed by atoms with van der Waals surface area (Å²) in [5.41, 5.74) is -0.0422. The topological polar surface area (TPSA) is 12.5 Å². The highest BCUT2D eigenvalue weighted by Crippen LogP contribution is 2.23. The summed E-state index contributed by atoms with van der Waals surface area (Å²) < 4.78 is 5.59. The lowest BCUT2D eigenvalue weighted by Crippen LogP contribution is -2.35. The largest absolute Gasteiger partial charge is 0.357 e. The lowest BCUT2D eigenvalue weighted by Gasteiger charge is -2.25. The predicted molar refractivity (Wildman–Crippen MR) is 48.6 cm³/mol. The highest BCUT2D eigenvalue weighted by molar-refractivity contribution is 4.78. The summed E-state index contributed by atoms with van der Waals surface area (Å²) in [4.78, 5) is 2.22. The van der Waals surface area contributed by atoms with Crippen LogP contribution in [0.4, 0.5) is 0 Å². The van der Waals surface area contributed by atoms with Gasteiger partial charge in [0.2, 0.25) is 0 Å². The van der Waals surface area contributed by atoms with E-state index in [4.69, 9.17) is 4.74 Å². The average Bonchev–Trinajstić information content (AvgIpc) is 2.10. The van der Waals surface area contributed by atoms with Crippen molar-refractivity contribution in [2.45, 2.75) is 46.4 Å². The van der Waals surface area contributed by atoms with Gasteiger partial charge in [-0.25, -0.2) is 0 Å². The molecule has 2 heteroatoms. The molecule has 1 aliphatic heterocycles. The van der Waals surface area contributed by atoms with E-state index in [1.165, 1.54) is 0 Å². The fourth-order valence-electron chi connectivity index (χ4n) is 1.23. The Morgan fingerprint density at radius 3 is 1.91 bits per heavy atom. The fraction of sp³-hybridized carbons (Fsp3) is 1.00. The van der Waals surface area contributed by atoms with Crippen molar-refractivity contribution in [2.75, 3.05) is 13.6 Å². The SMILES string of the molecule is CC.CC1CN(C)C(C)(C)O1. The Labute approximate surface area is 70.5 Å². The van der Waals surface area contributed by atoms with Gasteiger partial charge in [-0.05, 0) is 27.8 Å². The molecule has 0 aromatic carbocycles. The molecule has 0 radical (unpaired) electrons. The molecule has 11 heavy (non-hydrogen) atoms. The normalized spacial score (nSPS) is 29.5. The fourth-order valence-corrected chi connectivity index (χ4v) is 1.23. The summed E-state index contributed by atoms with van der Waals surface area (Å²) >= 11 is 0. The number of nitrogens with zero attached hydrogens (tertiary/aromatic N) is 1. The molecule has 0 aliphatic carbocycles. The molecule has 1 heterocycles. The molecule has 1 unspecified atom stereocenters. The number of rotatable bonds is 0. The zero-order chi connectivity index (χ0) is 9.07. The molecule has 1 saturated heterocycles. The van der Waals surface area contributed by atoms with Crippen LogP contribution in [0.2, 0.25) is 0 Å². The highest BCUT2D eigenvalue weighted by Gasteiger charge is 2.33. The van der Waals surface area contributed by atoms with Gasteiger partial charge in [0.05, 0.1) is 6.10 Å². The summed E-state index contributed by atoms with van der Waals surface area (Å²) in [6, 6.07) is 0. The van der Waals surface area contributed by atoms with Gasteiger partial charge in [-0.3, -0.25) is 4.90 Å². The second-order valence-electron chi connectivity index (χ2n) is 3.26. The lowest BCUT2D eigenvalue weighted by atomic mass is 10.3. The Bertz CT molecular complexity index is 112. The second kappa shape index (κ2) is 4.07. The lowest BCUT2D eigenvalue weighted by molar-refractivity contribution is -0.0622. The number of likely N-dealkylation sites (N-methyl/N-ethyl adjacent to an activating group) is 1. The quantitative estimate of drug-likeness (QED) is 0.536. The molecule has 1 atom stereocenters. The maximum absolute atomic E-state index is 5.59. The van der Waals surface area contributed by atoms with Crippen molar-refractivity contribution in [1.29, 1.82) is 0 Å². The summed E-state index contributed by atoms with van der Waals surface area (Å²) in [6.45, 7) is 11.3. The van der Waals surface area contributed by atoms with Gasteiger partial charge in [-0.2, -0.15) is 0 Å². The Hall–Kier alpha value is -0.0800. The van der Waals surface area contributed by atoms with E-state index < -0.39 is 0 Å². The van der Waals surface area contributed by atoms with Gasteiger partial charge < -0.3 is 4.74 Å². The first-order valence-electron chi connectivity index (χ1n) is 4.41. The molecule has 68 valence electrons. The first kappa shape index (κ1) is 10.9. The van der Waals surface area contributed by atoms with Crippen LogP contribution in [-0.4, -0.2) is 30.3 Å². The van der Waals surface area contributed by atoms with Crippen molar-refractivity contribution >= 4 is 0 Å². The maximum atomic E-state index is 5.59. The zero-order valence-corrected chi connectivity index (χ0v) is 8.64. The molecule has 2 nitrogen and oxygen atoms in total. The third-order valence-electron chi connectivity index (χ3n) is 1.94. The molecule has 0 saturated carbocycles. The highest BCUT2D eigenvalue weighted by atomic mass is 16.5. The molecule has 0 bridgehead atoms. The third-order valence-corrected chi connectivity index (χ3v) is 1.94. The standard InChI is InChI=1S/C7H15NO.C2H6/c1-6-5-8(4)7(2,3)9-6;1-2/h6H,5H2,1-4H3;1-2H3. The van der Waals surface area contributed by atoms with Crippen LogP contribution < -0.4 is 0 Å². The Balaban J connectivity index is 0.000000461. The molecule has 0 aromatic heterocycles. The Morgan fingerprint density at radius 2 is 1.82 bits per heavy atom. The van der Waals surface area contributed by atoms with Gasteiger partial charge in [-0.15, -0.1) is 0 Å². The predicted octanol–water partition coefficient (Wildman–Crippen LogP) is 2.10. The van der Waals surface area contributed by atoms with E-state index in [1.54, 1.807) is 0 Å². The minimum absolute atomic E-state index is 0.0422. The Kier molecular flexibility index (Phi) is 4.04. The van der Waals surface area contributed by atoms with Crippen molar-refractivity contribution < 1.29 is 4.74 Å². The van der Waals surface area contributed by atoms with E-state index in [2.05, 4.69) is 32.7 Å². The van der Waals surface area contributed by atoms with E-state index in [1.807, 2.05) is 13.8 Å². The smallest absolute Gasteiger partial charge is 0.116 e. The molecule has 0 amide bonds. The van der Waals surface area contributed by atoms with Crippen molar-refractivity contribution in [1.82, 2.24) is 4.90 Å². The van der Waals surface area contributed by atoms with Gasteiger partial charge in [0.15, 0.2) is 0 Å². The summed E-state index contributed by atoms with van der Waals surface area (Å²) in [6.07, 6.45) is 0.394. The van der Waals surface area contributed by atoms with Crippen molar-refractivity contribution in [2.24, 2.45) is 0 Å². The summed E-state index contributed by atoms with van der Waals surface area (Å²) in [5, 5.41) is 0. The Morgan fingerprint density at radius 1 is 1.36 bits per heavy atom. The van der Waals surface area contributed by atoms with E-state index in [9.17, 15) is 0 Å². The second-order valence-corrected chi connectivity index (χ2v) is 3.26. The van der Waals surface area contributed by atoms with Crippen molar-refractivity contribution in [3.05, 3.63) is 0 Å². The first-order valence-corrected chi connectivity index (χ1v) is 4.41. The molecule has 0 aromatic rings. The number of hydrogen-bond donors (Lipinski definition) is 0. The van der Waals surface area contributed by atoms with Crippen LogP contribution in [0.25, 0.3) is 0 Å². The minimum atomic E-state index is -0.0422. The third kappa shape index (κ3) is 2.80. The van der Waals surface area contributed by atoms with Crippen LogP contribution >= 0.6 is 0 Å². The number of ether oxygens (including phenoxy) is 1. The van der Waals surface area contributed by atoms with Crippen LogP contribution in [0, 0.1) is 0 Å². The molecule has 0 spiro atoms. The van der Waals surface area contributed by atoms with Crippen LogP contribution in [-0.2, 0) is 4.74 Å². The molecule has 1 rings (SSSR count). The van der Waals surface area contributed by atoms with E-state index in [0.29, 0.717) is 6.10 Å². The zero-order valence-electron chi connectivity index (χ0n) is 8.64. The number of hydrogen-bond acceptors (Lipinski definition) is 2. The molecule has 0 N–H and O–H groups in total. The van der Waals surface area contributed by atoms with E-state index in [-0.39, 0.29) is 5.72 Å². The maximum Gasteiger partial charge on any atom is 0.116 e. The van der Waals surface area contributed by atoms with Crippen LogP contribution in [0.5, 0.6) is 0 Å². The summed E-state index contributed by atoms with van der Waals surface area (Å²) in [7, 11) is 2.09. The minimum Gasteiger partial charge on any atom is -0.357 e. The van der Waals surface area contributed by atoms with Gasteiger partial charge >= 0.3 is 0 Å². The summed E-state index contributed by atoms with van der Waals surface area (Å²) in [5.74, 6) is 0. The van der Waals surface area contributed by atoms with Crippen LogP contribution in [0.1, 0.15) is 34.6 Å². The van der Waals surface area contributed by atoms with Gasteiger partial charge in [-0.1, -0.05) is 13.8 Å². The first-order chi connectivity index (χ1) is 5.02. The average molecular weight is 159 g/mol. The van der Waals surface area contributed by atoms with Gasteiger partial charge in [0.25, 0.3) is 0 Å². The van der Waals surface area contributed by atoms with Crippen molar-refractivity contribution in [3.8, 4) is 0 Å². The molecule has 1 aliphatic rings. The van der Waals surface area contributed by atoms with Crippen molar-refractivity contribution in [3.63, 3.8) is 0 Å². The van der Waals surface area contributed by atoms with E-state index in [0.717, 1.165) is 6.54 Å². The molecule has 1 fully saturated rings. The van der Waals surface area contributed by atoms with Gasteiger partial charge in [0.1, 0.15) is 5.72 Å². The van der Waals surface area contributed by atoms with Crippen LogP contribution in [0.15, 0.2) is 0 Å². The molecular weight excluding hydrogens is 138 g/mol. The molecular formula is C9H21NO. The van der Waals surface area contributed by atoms with Gasteiger partial charge in [0, 0.05) is 6.54 Å². The monoisotopic (exact) mass is 159 g/mol. The van der Waals surface area contributed by atoms with Crippen LogP contribution in [0.3, 0.4) is 0 Å². The van der Waals surface area contributed by atoms with E-state index >= 15 is 0 Å².